The van der Waals surface area contributed by atoms with Gasteiger partial charge in [-0.3, -0.25) is 4.79 Å². The maximum absolute atomic E-state index is 12.3. The molecule has 0 spiro atoms. The molecule has 3 atom stereocenters. The van der Waals surface area contributed by atoms with Gasteiger partial charge in [0.15, 0.2) is 0 Å². The topological polar surface area (TPSA) is 58.6 Å². The number of fused-ring (bicyclic) bond motifs is 1. The van der Waals surface area contributed by atoms with E-state index in [1.54, 1.807) is 11.3 Å². The Balaban J connectivity index is 1.64. The standard InChI is InChI=1S/C16H23NO3S/c1-10-3-4-13-12(7-10)8-14(21-13)15(18)17-9-16(19)5-6-20-11(16)2/h8,10-11,19H,3-7,9H2,1-2H3,(H,17,18). The number of hydrogen-bond donors (Lipinski definition) is 2. The van der Waals surface area contributed by atoms with Crippen LogP contribution < -0.4 is 5.32 Å². The molecule has 1 aliphatic carbocycles. The molecule has 2 aliphatic rings. The number of ether oxygens (including phenoxy) is 1. The summed E-state index contributed by atoms with van der Waals surface area (Å²) in [5.74, 6) is 0.634. The molecule has 1 fully saturated rings. The van der Waals surface area contributed by atoms with Gasteiger partial charge in [-0.15, -0.1) is 11.3 Å². The third-order valence-corrected chi connectivity index (χ3v) is 6.00. The second-order valence-corrected chi connectivity index (χ2v) is 7.59. The van der Waals surface area contributed by atoms with Gasteiger partial charge in [0.2, 0.25) is 0 Å². The van der Waals surface area contributed by atoms with Crippen molar-refractivity contribution in [1.29, 1.82) is 0 Å². The van der Waals surface area contributed by atoms with Crippen LogP contribution in [0.3, 0.4) is 0 Å². The maximum atomic E-state index is 12.3. The molecule has 1 aromatic rings. The highest BCUT2D eigenvalue weighted by atomic mass is 32.1. The zero-order chi connectivity index (χ0) is 15.0. The van der Waals surface area contributed by atoms with Crippen molar-refractivity contribution in [3.63, 3.8) is 0 Å². The molecular formula is C16H23NO3S. The zero-order valence-corrected chi connectivity index (χ0v) is 13.5. The fourth-order valence-electron chi connectivity index (χ4n) is 3.14. The molecule has 2 heterocycles. The van der Waals surface area contributed by atoms with E-state index in [4.69, 9.17) is 4.74 Å². The van der Waals surface area contributed by atoms with Crippen molar-refractivity contribution in [2.75, 3.05) is 13.2 Å². The molecular weight excluding hydrogens is 286 g/mol. The molecule has 4 nitrogen and oxygen atoms in total. The first-order chi connectivity index (χ1) is 9.98. The Morgan fingerprint density at radius 3 is 3.10 bits per heavy atom. The Morgan fingerprint density at radius 2 is 2.38 bits per heavy atom. The number of rotatable bonds is 3. The van der Waals surface area contributed by atoms with E-state index in [-0.39, 0.29) is 18.6 Å². The lowest BCUT2D eigenvalue weighted by Crippen LogP contribution is -2.47. The van der Waals surface area contributed by atoms with Crippen LogP contribution in [0.5, 0.6) is 0 Å². The Bertz CT molecular complexity index is 542. The van der Waals surface area contributed by atoms with E-state index in [1.165, 1.54) is 16.9 Å². The third kappa shape index (κ3) is 3.00. The highest BCUT2D eigenvalue weighted by Crippen LogP contribution is 2.32. The molecule has 0 saturated carbocycles. The predicted molar refractivity (Wildman–Crippen MR) is 82.8 cm³/mol. The van der Waals surface area contributed by atoms with Crippen LogP contribution in [0.25, 0.3) is 0 Å². The van der Waals surface area contributed by atoms with Crippen molar-refractivity contribution in [1.82, 2.24) is 5.32 Å². The number of aryl methyl sites for hydroxylation is 1. The first kappa shape index (κ1) is 15.0. The summed E-state index contributed by atoms with van der Waals surface area (Å²) in [4.78, 5) is 14.4. The number of carbonyl (C=O) groups excluding carboxylic acids is 1. The van der Waals surface area contributed by atoms with E-state index in [0.29, 0.717) is 18.9 Å². The number of nitrogens with one attached hydrogen (secondary N) is 1. The summed E-state index contributed by atoms with van der Waals surface area (Å²) < 4.78 is 5.39. The predicted octanol–water partition coefficient (Wildman–Crippen LogP) is 2.14. The number of thiophene rings is 1. The van der Waals surface area contributed by atoms with E-state index in [0.717, 1.165) is 17.7 Å². The lowest BCUT2D eigenvalue weighted by Gasteiger charge is -2.25. The van der Waals surface area contributed by atoms with Crippen LogP contribution in [0.2, 0.25) is 0 Å². The molecule has 1 aromatic heterocycles. The highest BCUT2D eigenvalue weighted by Gasteiger charge is 2.39. The quantitative estimate of drug-likeness (QED) is 0.899. The molecule has 0 aromatic carbocycles. The summed E-state index contributed by atoms with van der Waals surface area (Å²) in [6, 6.07) is 2.03. The Kier molecular flexibility index (Phi) is 4.08. The fourth-order valence-corrected chi connectivity index (χ4v) is 4.27. The van der Waals surface area contributed by atoms with E-state index in [1.807, 2.05) is 13.0 Å². The molecule has 1 aliphatic heterocycles. The number of hydrogen-bond acceptors (Lipinski definition) is 4. The summed E-state index contributed by atoms with van der Waals surface area (Å²) in [6.45, 7) is 4.92. The minimum atomic E-state index is -0.930. The van der Waals surface area contributed by atoms with Gasteiger partial charge in [0.1, 0.15) is 5.60 Å². The minimum absolute atomic E-state index is 0.0745. The smallest absolute Gasteiger partial charge is 0.261 e. The van der Waals surface area contributed by atoms with Crippen LogP contribution in [0.15, 0.2) is 6.07 Å². The van der Waals surface area contributed by atoms with Crippen molar-refractivity contribution < 1.29 is 14.6 Å². The minimum Gasteiger partial charge on any atom is -0.385 e. The van der Waals surface area contributed by atoms with Gasteiger partial charge in [-0.25, -0.2) is 0 Å². The molecule has 21 heavy (non-hydrogen) atoms. The van der Waals surface area contributed by atoms with E-state index in [2.05, 4.69) is 12.2 Å². The van der Waals surface area contributed by atoms with Crippen molar-refractivity contribution in [2.45, 2.75) is 51.2 Å². The van der Waals surface area contributed by atoms with Crippen LogP contribution in [-0.2, 0) is 17.6 Å². The normalized spacial score (nSPS) is 32.0. The lowest BCUT2D eigenvalue weighted by atomic mass is 9.90. The van der Waals surface area contributed by atoms with Gasteiger partial charge in [-0.2, -0.15) is 0 Å². The summed E-state index contributed by atoms with van der Waals surface area (Å²) >= 11 is 1.60. The van der Waals surface area contributed by atoms with Crippen LogP contribution in [0.1, 0.15) is 46.8 Å². The molecule has 2 N–H and O–H groups in total. The van der Waals surface area contributed by atoms with Gasteiger partial charge in [0, 0.05) is 24.4 Å². The largest absolute Gasteiger partial charge is 0.385 e. The zero-order valence-electron chi connectivity index (χ0n) is 12.6. The van der Waals surface area contributed by atoms with Gasteiger partial charge in [0.05, 0.1) is 11.0 Å². The van der Waals surface area contributed by atoms with Crippen molar-refractivity contribution >= 4 is 17.2 Å². The maximum Gasteiger partial charge on any atom is 0.261 e. The summed E-state index contributed by atoms with van der Waals surface area (Å²) in [5.41, 5.74) is 0.404. The van der Waals surface area contributed by atoms with Gasteiger partial charge in [0.25, 0.3) is 5.91 Å². The van der Waals surface area contributed by atoms with Crippen LogP contribution in [-0.4, -0.2) is 35.9 Å². The van der Waals surface area contributed by atoms with Crippen molar-refractivity contribution in [2.24, 2.45) is 5.92 Å². The first-order valence-corrected chi connectivity index (χ1v) is 8.53. The number of carbonyl (C=O) groups is 1. The van der Waals surface area contributed by atoms with Crippen LogP contribution in [0.4, 0.5) is 0 Å². The van der Waals surface area contributed by atoms with Crippen molar-refractivity contribution in [3.05, 3.63) is 21.4 Å². The molecule has 1 amide bonds. The van der Waals surface area contributed by atoms with Gasteiger partial charge >= 0.3 is 0 Å². The van der Waals surface area contributed by atoms with Crippen LogP contribution >= 0.6 is 11.3 Å². The van der Waals surface area contributed by atoms with Crippen molar-refractivity contribution in [3.8, 4) is 0 Å². The second kappa shape index (κ2) is 5.71. The number of amides is 1. The highest BCUT2D eigenvalue weighted by molar-refractivity contribution is 7.14. The lowest BCUT2D eigenvalue weighted by molar-refractivity contribution is -0.0251. The monoisotopic (exact) mass is 309 g/mol. The van der Waals surface area contributed by atoms with Gasteiger partial charge in [-0.1, -0.05) is 6.92 Å². The molecule has 1 saturated heterocycles. The second-order valence-electron chi connectivity index (χ2n) is 6.46. The summed E-state index contributed by atoms with van der Waals surface area (Å²) in [7, 11) is 0. The van der Waals surface area contributed by atoms with E-state index >= 15 is 0 Å². The molecule has 5 heteroatoms. The Labute approximate surface area is 129 Å². The molecule has 0 bridgehead atoms. The molecule has 3 unspecified atom stereocenters. The van der Waals surface area contributed by atoms with E-state index < -0.39 is 5.60 Å². The first-order valence-electron chi connectivity index (χ1n) is 7.72. The average Bonchev–Trinajstić information content (AvgIpc) is 3.01. The van der Waals surface area contributed by atoms with Crippen LogP contribution in [0, 0.1) is 5.92 Å². The Morgan fingerprint density at radius 1 is 1.57 bits per heavy atom. The summed E-state index contributed by atoms with van der Waals surface area (Å²) in [6.07, 6.45) is 3.72. The average molecular weight is 309 g/mol. The summed E-state index contributed by atoms with van der Waals surface area (Å²) in [5, 5.41) is 13.3. The van der Waals surface area contributed by atoms with Gasteiger partial charge in [-0.05, 0) is 43.7 Å². The molecule has 3 rings (SSSR count). The van der Waals surface area contributed by atoms with Gasteiger partial charge < -0.3 is 15.2 Å². The fraction of sp³-hybridized carbons (Fsp3) is 0.688. The third-order valence-electron chi connectivity index (χ3n) is 4.77. The molecule has 0 radical (unpaired) electrons. The van der Waals surface area contributed by atoms with E-state index in [9.17, 15) is 9.90 Å². The number of aliphatic hydroxyl groups is 1. The Hall–Kier alpha value is -0.910. The molecule has 116 valence electrons. The SMILES string of the molecule is CC1CCc2sc(C(=O)NCC3(O)CCOC3C)cc2C1.